The summed E-state index contributed by atoms with van der Waals surface area (Å²) in [4.78, 5) is 18.7. The minimum atomic E-state index is -0.277. The second-order valence-electron chi connectivity index (χ2n) is 5.61. The van der Waals surface area contributed by atoms with Gasteiger partial charge in [-0.2, -0.15) is 11.8 Å². The van der Waals surface area contributed by atoms with E-state index in [1.165, 1.54) is 12.1 Å². The van der Waals surface area contributed by atoms with E-state index in [4.69, 9.17) is 0 Å². The van der Waals surface area contributed by atoms with Gasteiger partial charge in [0.15, 0.2) is 0 Å². The van der Waals surface area contributed by atoms with E-state index in [0.29, 0.717) is 5.75 Å². The zero-order chi connectivity index (χ0) is 17.4. The number of benzene rings is 1. The van der Waals surface area contributed by atoms with Crippen molar-refractivity contribution in [2.45, 2.75) is 32.7 Å². The average molecular weight is 346 g/mol. The molecule has 0 aliphatic heterocycles. The minimum absolute atomic E-state index is 0.0425. The molecule has 5 heteroatoms. The Bertz CT molecular complexity index is 634. The maximum Gasteiger partial charge on any atom is 0.237 e. The van der Waals surface area contributed by atoms with Crippen LogP contribution in [0.15, 0.2) is 48.8 Å². The van der Waals surface area contributed by atoms with Crippen LogP contribution in [-0.4, -0.2) is 22.4 Å². The largest absolute Gasteiger partial charge is 0.303 e. The maximum atomic E-state index is 13.2. The van der Waals surface area contributed by atoms with Crippen LogP contribution in [0.3, 0.4) is 0 Å². The first-order chi connectivity index (χ1) is 11.6. The van der Waals surface area contributed by atoms with Crippen molar-refractivity contribution in [3.63, 3.8) is 0 Å². The van der Waals surface area contributed by atoms with Gasteiger partial charge < -0.3 is 4.90 Å². The number of aromatic nitrogens is 1. The predicted octanol–water partition coefficient (Wildman–Crippen LogP) is 4.85. The fourth-order valence-electron chi connectivity index (χ4n) is 2.45. The fraction of sp³-hybridized carbons (Fsp3) is 0.368. The highest BCUT2D eigenvalue weighted by Crippen LogP contribution is 2.27. The van der Waals surface area contributed by atoms with Crippen molar-refractivity contribution < 1.29 is 9.18 Å². The fourth-order valence-corrected chi connectivity index (χ4v) is 3.40. The number of halogens is 1. The summed E-state index contributed by atoms with van der Waals surface area (Å²) in [6.45, 7) is 4.09. The van der Waals surface area contributed by atoms with Gasteiger partial charge in [0.1, 0.15) is 5.82 Å². The minimum Gasteiger partial charge on any atom is -0.303 e. The molecule has 0 bridgehead atoms. The monoisotopic (exact) mass is 346 g/mol. The highest BCUT2D eigenvalue weighted by atomic mass is 32.2. The third kappa shape index (κ3) is 5.06. The first-order valence-corrected chi connectivity index (χ1v) is 9.34. The molecule has 0 N–H and O–H groups in total. The van der Waals surface area contributed by atoms with Gasteiger partial charge >= 0.3 is 0 Å². The normalized spacial score (nSPS) is 12.0. The number of nitrogens with zero attached hydrogens (tertiary/aromatic N) is 2. The summed E-state index contributed by atoms with van der Waals surface area (Å²) in [5.74, 6) is 1.18. The highest BCUT2D eigenvalue weighted by molar-refractivity contribution is 7.99. The number of thioether (sulfide) groups is 1. The maximum absolute atomic E-state index is 13.2. The van der Waals surface area contributed by atoms with Crippen LogP contribution in [0.4, 0.5) is 10.1 Å². The molecule has 0 spiro atoms. The molecule has 0 aliphatic rings. The Morgan fingerprint density at radius 1 is 1.29 bits per heavy atom. The van der Waals surface area contributed by atoms with Crippen LogP contribution in [-0.2, 0) is 4.79 Å². The molecule has 0 fully saturated rings. The van der Waals surface area contributed by atoms with E-state index in [9.17, 15) is 9.18 Å². The summed E-state index contributed by atoms with van der Waals surface area (Å²) < 4.78 is 13.2. The predicted molar refractivity (Wildman–Crippen MR) is 98.8 cm³/mol. The molecule has 24 heavy (non-hydrogen) atoms. The standard InChI is InChI=1S/C19H23FN2OS/c1-3-4-12-24-14-19(23)22(18-6-5-11-21-13-18)15(2)16-7-9-17(20)10-8-16/h5-11,13,15H,3-4,12,14H2,1-2H3. The van der Waals surface area contributed by atoms with Crippen LogP contribution in [0.2, 0.25) is 0 Å². The summed E-state index contributed by atoms with van der Waals surface area (Å²) in [6, 6.07) is 9.80. The number of amides is 1. The van der Waals surface area contributed by atoms with Gasteiger partial charge in [-0.15, -0.1) is 0 Å². The van der Waals surface area contributed by atoms with Gasteiger partial charge in [0.25, 0.3) is 0 Å². The first kappa shape index (κ1) is 18.5. The molecule has 1 aromatic carbocycles. The van der Waals surface area contributed by atoms with Gasteiger partial charge in [-0.3, -0.25) is 9.78 Å². The molecular weight excluding hydrogens is 323 g/mol. The highest BCUT2D eigenvalue weighted by Gasteiger charge is 2.23. The number of carbonyl (C=O) groups is 1. The van der Waals surface area contributed by atoms with Crippen molar-refractivity contribution in [3.8, 4) is 0 Å². The van der Waals surface area contributed by atoms with Gasteiger partial charge in [-0.1, -0.05) is 25.5 Å². The molecule has 2 rings (SSSR count). The lowest BCUT2D eigenvalue weighted by Crippen LogP contribution is -2.35. The van der Waals surface area contributed by atoms with Gasteiger partial charge in [0, 0.05) is 6.20 Å². The molecular formula is C19H23FN2OS. The van der Waals surface area contributed by atoms with Crippen LogP contribution in [0, 0.1) is 5.82 Å². The molecule has 0 radical (unpaired) electrons. The van der Waals surface area contributed by atoms with Crippen molar-refractivity contribution in [3.05, 3.63) is 60.2 Å². The van der Waals surface area contributed by atoms with E-state index in [2.05, 4.69) is 11.9 Å². The zero-order valence-corrected chi connectivity index (χ0v) is 14.9. The Labute approximate surface area is 147 Å². The first-order valence-electron chi connectivity index (χ1n) is 8.18. The second-order valence-corrected chi connectivity index (χ2v) is 6.71. The third-order valence-electron chi connectivity index (χ3n) is 3.80. The molecule has 0 saturated carbocycles. The van der Waals surface area contributed by atoms with E-state index in [1.54, 1.807) is 41.2 Å². The SMILES string of the molecule is CCCCSCC(=O)N(c1cccnc1)C(C)c1ccc(F)cc1. The van der Waals surface area contributed by atoms with E-state index in [-0.39, 0.29) is 17.8 Å². The molecule has 1 amide bonds. The van der Waals surface area contributed by atoms with Crippen LogP contribution in [0.1, 0.15) is 38.3 Å². The topological polar surface area (TPSA) is 33.2 Å². The Balaban J connectivity index is 2.19. The number of carbonyl (C=O) groups excluding carboxylic acids is 1. The molecule has 3 nitrogen and oxygen atoms in total. The summed E-state index contributed by atoms with van der Waals surface area (Å²) in [7, 11) is 0. The van der Waals surface area contributed by atoms with Crippen LogP contribution >= 0.6 is 11.8 Å². The van der Waals surface area contributed by atoms with E-state index in [1.807, 2.05) is 19.1 Å². The molecule has 0 aliphatic carbocycles. The Hall–Kier alpha value is -1.88. The molecule has 1 heterocycles. The molecule has 2 aromatic rings. The Morgan fingerprint density at radius 3 is 2.67 bits per heavy atom. The van der Waals surface area contributed by atoms with Crippen LogP contribution < -0.4 is 4.90 Å². The molecule has 1 atom stereocenters. The molecule has 128 valence electrons. The number of unbranched alkanes of at least 4 members (excludes halogenated alkanes) is 1. The quantitative estimate of drug-likeness (QED) is 0.641. The van der Waals surface area contributed by atoms with Crippen molar-refractivity contribution >= 4 is 23.4 Å². The number of anilines is 1. The summed E-state index contributed by atoms with van der Waals surface area (Å²) >= 11 is 1.65. The van der Waals surface area contributed by atoms with E-state index >= 15 is 0 Å². The lowest BCUT2D eigenvalue weighted by Gasteiger charge is -2.29. The Kier molecular flexibility index (Phi) is 7.25. The van der Waals surface area contributed by atoms with E-state index in [0.717, 1.165) is 29.8 Å². The van der Waals surface area contributed by atoms with Gasteiger partial charge in [-0.05, 0) is 48.9 Å². The van der Waals surface area contributed by atoms with Crippen molar-refractivity contribution in [1.29, 1.82) is 0 Å². The smallest absolute Gasteiger partial charge is 0.237 e. The van der Waals surface area contributed by atoms with E-state index < -0.39 is 0 Å². The van der Waals surface area contributed by atoms with Crippen LogP contribution in [0.5, 0.6) is 0 Å². The number of hydrogen-bond donors (Lipinski definition) is 0. The van der Waals surface area contributed by atoms with Crippen LogP contribution in [0.25, 0.3) is 0 Å². The zero-order valence-electron chi connectivity index (χ0n) is 14.1. The second kappa shape index (κ2) is 9.42. The summed E-state index contributed by atoms with van der Waals surface area (Å²) in [5.41, 5.74) is 1.66. The van der Waals surface area contributed by atoms with Crippen molar-refractivity contribution in [2.24, 2.45) is 0 Å². The third-order valence-corrected chi connectivity index (χ3v) is 4.83. The lowest BCUT2D eigenvalue weighted by atomic mass is 10.1. The summed E-state index contributed by atoms with van der Waals surface area (Å²) in [6.07, 6.45) is 5.61. The Morgan fingerprint density at radius 2 is 2.04 bits per heavy atom. The number of pyridine rings is 1. The van der Waals surface area contributed by atoms with Gasteiger partial charge in [0.05, 0.1) is 23.7 Å². The molecule has 0 saturated heterocycles. The molecule has 1 aromatic heterocycles. The van der Waals surface area contributed by atoms with Gasteiger partial charge in [0.2, 0.25) is 5.91 Å². The summed E-state index contributed by atoms with van der Waals surface area (Å²) in [5, 5.41) is 0. The van der Waals surface area contributed by atoms with Gasteiger partial charge in [-0.25, -0.2) is 4.39 Å². The van der Waals surface area contributed by atoms with Crippen molar-refractivity contribution in [1.82, 2.24) is 4.98 Å². The molecule has 1 unspecified atom stereocenters. The van der Waals surface area contributed by atoms with Crippen molar-refractivity contribution in [2.75, 3.05) is 16.4 Å². The lowest BCUT2D eigenvalue weighted by molar-refractivity contribution is -0.116. The number of rotatable bonds is 8. The average Bonchev–Trinajstić information content (AvgIpc) is 2.60. The number of hydrogen-bond acceptors (Lipinski definition) is 3.